The lowest BCUT2D eigenvalue weighted by atomic mass is 9.52. The molecule has 4 atom stereocenters. The summed E-state index contributed by atoms with van der Waals surface area (Å²) in [6, 6.07) is 7.92. The number of ether oxygens (including phenoxy) is 1. The monoisotopic (exact) mass is 447 g/mol. The van der Waals surface area contributed by atoms with E-state index < -0.39 is 0 Å². The third-order valence-corrected chi connectivity index (χ3v) is 8.27. The second kappa shape index (κ2) is 8.12. The van der Waals surface area contributed by atoms with Gasteiger partial charge in [0.1, 0.15) is 5.52 Å². The third-order valence-electron chi connectivity index (χ3n) is 8.27. The first kappa shape index (κ1) is 22.4. The molecule has 2 aromatic rings. The van der Waals surface area contributed by atoms with Crippen LogP contribution < -0.4 is 10.1 Å². The molecule has 5 heteroatoms. The van der Waals surface area contributed by atoms with Gasteiger partial charge in [-0.15, -0.1) is 6.58 Å². The average Bonchev–Trinajstić information content (AvgIpc) is 2.88. The number of carbonyl (C=O) groups is 1. The zero-order valence-electron chi connectivity index (χ0n) is 20.3. The first-order valence-electron chi connectivity index (χ1n) is 12.4. The number of carbonyl (C=O) groups excluding carboxylic acids is 1. The SMILES string of the molecule is C=CCN(C)Cc1ccc(OC(=O)NC23CC4CCC(C)(CC(C)(C4)C2)C3)c2ncccc12. The molecule has 1 heterocycles. The Labute approximate surface area is 197 Å². The van der Waals surface area contributed by atoms with E-state index in [9.17, 15) is 4.79 Å². The van der Waals surface area contributed by atoms with Crippen LogP contribution in [0.2, 0.25) is 0 Å². The Morgan fingerprint density at radius 1 is 1.24 bits per heavy atom. The summed E-state index contributed by atoms with van der Waals surface area (Å²) in [5, 5.41) is 4.40. The van der Waals surface area contributed by atoms with Crippen LogP contribution in [0.1, 0.15) is 64.4 Å². The molecule has 4 saturated carbocycles. The number of aromatic nitrogens is 1. The van der Waals surface area contributed by atoms with Crippen molar-refractivity contribution in [3.8, 4) is 5.75 Å². The van der Waals surface area contributed by atoms with Gasteiger partial charge in [0.25, 0.3) is 0 Å². The van der Waals surface area contributed by atoms with E-state index in [0.29, 0.717) is 22.5 Å². The average molecular weight is 448 g/mol. The molecule has 6 rings (SSSR count). The molecule has 4 unspecified atom stereocenters. The lowest BCUT2D eigenvalue weighted by Gasteiger charge is -2.56. The summed E-state index contributed by atoms with van der Waals surface area (Å²) in [6.07, 6.45) is 11.7. The molecule has 1 aromatic carbocycles. The highest BCUT2D eigenvalue weighted by Crippen LogP contribution is 2.63. The summed E-state index contributed by atoms with van der Waals surface area (Å²) in [6.45, 7) is 10.3. The van der Waals surface area contributed by atoms with E-state index in [1.807, 2.05) is 24.3 Å². The van der Waals surface area contributed by atoms with Crippen LogP contribution in [-0.4, -0.2) is 35.1 Å². The molecule has 4 aliphatic carbocycles. The van der Waals surface area contributed by atoms with Gasteiger partial charge in [-0.25, -0.2) is 4.79 Å². The first-order valence-corrected chi connectivity index (χ1v) is 12.4. The minimum absolute atomic E-state index is 0.144. The number of rotatable bonds is 6. The van der Waals surface area contributed by atoms with E-state index in [-0.39, 0.29) is 11.6 Å². The predicted molar refractivity (Wildman–Crippen MR) is 132 cm³/mol. The zero-order valence-corrected chi connectivity index (χ0v) is 20.3. The van der Waals surface area contributed by atoms with Crippen molar-refractivity contribution in [1.29, 1.82) is 0 Å². The van der Waals surface area contributed by atoms with Crippen molar-refractivity contribution in [2.75, 3.05) is 13.6 Å². The van der Waals surface area contributed by atoms with Crippen molar-refractivity contribution in [3.05, 3.63) is 48.7 Å². The van der Waals surface area contributed by atoms with Gasteiger partial charge in [-0.05, 0) is 86.4 Å². The number of hydrogen-bond donors (Lipinski definition) is 1. The van der Waals surface area contributed by atoms with Crippen molar-refractivity contribution < 1.29 is 9.53 Å². The van der Waals surface area contributed by atoms with Gasteiger partial charge in [0.05, 0.1) is 0 Å². The lowest BCUT2D eigenvalue weighted by Crippen LogP contribution is -2.60. The lowest BCUT2D eigenvalue weighted by molar-refractivity contribution is -0.0229. The number of hydrogen-bond acceptors (Lipinski definition) is 4. The van der Waals surface area contributed by atoms with Crippen molar-refractivity contribution >= 4 is 17.0 Å². The molecule has 176 valence electrons. The number of pyridine rings is 1. The smallest absolute Gasteiger partial charge is 0.408 e. The van der Waals surface area contributed by atoms with Crippen LogP contribution in [0.4, 0.5) is 4.79 Å². The van der Waals surface area contributed by atoms with Crippen LogP contribution in [-0.2, 0) is 6.54 Å². The topological polar surface area (TPSA) is 54.5 Å². The quantitative estimate of drug-likeness (QED) is 0.545. The zero-order chi connectivity index (χ0) is 23.3. The van der Waals surface area contributed by atoms with E-state index in [4.69, 9.17) is 4.74 Å². The van der Waals surface area contributed by atoms with Crippen LogP contribution in [0.25, 0.3) is 10.9 Å². The van der Waals surface area contributed by atoms with Crippen molar-refractivity contribution in [2.45, 2.75) is 70.9 Å². The summed E-state index contributed by atoms with van der Waals surface area (Å²) >= 11 is 0. The number of benzene rings is 1. The first-order chi connectivity index (χ1) is 15.7. The Morgan fingerprint density at radius 2 is 2.06 bits per heavy atom. The predicted octanol–water partition coefficient (Wildman–Crippen LogP) is 6.08. The van der Waals surface area contributed by atoms with Gasteiger partial charge in [-0.2, -0.15) is 0 Å². The van der Waals surface area contributed by atoms with Crippen LogP contribution >= 0.6 is 0 Å². The highest BCUT2D eigenvalue weighted by molar-refractivity contribution is 5.89. The van der Waals surface area contributed by atoms with Gasteiger partial charge >= 0.3 is 6.09 Å². The molecule has 0 saturated heterocycles. The van der Waals surface area contributed by atoms with Crippen LogP contribution in [0.15, 0.2) is 43.1 Å². The fraction of sp³-hybridized carbons (Fsp3) is 0.571. The second-order valence-electron chi connectivity index (χ2n) is 11.9. The summed E-state index contributed by atoms with van der Waals surface area (Å²) < 4.78 is 5.94. The van der Waals surface area contributed by atoms with Crippen molar-refractivity contribution in [3.63, 3.8) is 0 Å². The Hall–Kier alpha value is -2.40. The summed E-state index contributed by atoms with van der Waals surface area (Å²) in [5.41, 5.74) is 2.40. The number of amides is 1. The molecule has 1 aromatic heterocycles. The molecule has 5 nitrogen and oxygen atoms in total. The molecule has 1 amide bonds. The van der Waals surface area contributed by atoms with Gasteiger partial charge in [-0.3, -0.25) is 9.88 Å². The van der Waals surface area contributed by atoms with Crippen molar-refractivity contribution in [1.82, 2.24) is 15.2 Å². The Bertz CT molecular complexity index is 1080. The number of fused-ring (bicyclic) bond motifs is 2. The molecular formula is C28H37N3O2. The number of likely N-dealkylation sites (N-methyl/N-ethyl adjacent to an activating group) is 1. The minimum atomic E-state index is -0.340. The van der Waals surface area contributed by atoms with E-state index >= 15 is 0 Å². The molecule has 4 fully saturated rings. The standard InChI is InChI=1S/C28H37N3O2/c1-5-13-31(4)16-21-8-9-23(24-22(21)7-6-12-29-24)33-25(32)30-28-15-20-10-11-26(2,18-28)17-27(3,14-20)19-28/h5-9,12,20H,1,10-11,13-19H2,2-4H3,(H,30,32). The molecular weight excluding hydrogens is 410 g/mol. The molecule has 33 heavy (non-hydrogen) atoms. The fourth-order valence-corrected chi connectivity index (χ4v) is 7.88. The van der Waals surface area contributed by atoms with Gasteiger partial charge in [0.2, 0.25) is 0 Å². The van der Waals surface area contributed by atoms with Gasteiger partial charge in [0.15, 0.2) is 5.75 Å². The van der Waals surface area contributed by atoms with E-state index in [2.05, 4.69) is 48.7 Å². The number of nitrogens with one attached hydrogen (secondary N) is 1. The molecule has 0 spiro atoms. The minimum Gasteiger partial charge on any atom is -0.408 e. The molecule has 4 bridgehead atoms. The van der Waals surface area contributed by atoms with E-state index in [1.165, 1.54) is 25.7 Å². The van der Waals surface area contributed by atoms with Crippen molar-refractivity contribution in [2.24, 2.45) is 16.7 Å². The molecule has 4 aliphatic rings. The molecule has 0 aliphatic heterocycles. The number of nitrogens with zero attached hydrogens (tertiary/aromatic N) is 2. The molecule has 0 radical (unpaired) electrons. The maximum atomic E-state index is 13.2. The Balaban J connectivity index is 1.37. The Kier molecular flexibility index (Phi) is 5.51. The fourth-order valence-electron chi connectivity index (χ4n) is 7.88. The maximum Gasteiger partial charge on any atom is 0.413 e. The second-order valence-corrected chi connectivity index (χ2v) is 11.9. The maximum absolute atomic E-state index is 13.2. The highest BCUT2D eigenvalue weighted by Gasteiger charge is 2.58. The van der Waals surface area contributed by atoms with Crippen LogP contribution in [0.3, 0.4) is 0 Å². The van der Waals surface area contributed by atoms with Crippen LogP contribution in [0.5, 0.6) is 5.75 Å². The summed E-state index contributed by atoms with van der Waals surface area (Å²) in [7, 11) is 2.07. The van der Waals surface area contributed by atoms with Gasteiger partial charge in [-0.1, -0.05) is 32.1 Å². The third kappa shape index (κ3) is 4.40. The highest BCUT2D eigenvalue weighted by atomic mass is 16.6. The van der Waals surface area contributed by atoms with E-state index in [0.717, 1.165) is 48.8 Å². The van der Waals surface area contributed by atoms with Gasteiger partial charge < -0.3 is 10.1 Å². The van der Waals surface area contributed by atoms with E-state index in [1.54, 1.807) is 6.20 Å². The normalized spacial score (nSPS) is 32.7. The van der Waals surface area contributed by atoms with Gasteiger partial charge in [0, 0.05) is 30.2 Å². The summed E-state index contributed by atoms with van der Waals surface area (Å²) in [5.74, 6) is 1.24. The van der Waals surface area contributed by atoms with Crippen LogP contribution in [0, 0.1) is 16.7 Å². The molecule has 1 N–H and O–H groups in total. The Morgan fingerprint density at radius 3 is 2.88 bits per heavy atom. The largest absolute Gasteiger partial charge is 0.413 e. The summed E-state index contributed by atoms with van der Waals surface area (Å²) in [4.78, 5) is 20.0.